The van der Waals surface area contributed by atoms with Crippen LogP contribution in [0.4, 0.5) is 18.9 Å². The molecule has 0 atom stereocenters. The largest absolute Gasteiger partial charge is 0.416 e. The highest BCUT2D eigenvalue weighted by molar-refractivity contribution is 9.10. The smallest absolute Gasteiger partial charge is 0.397 e. The van der Waals surface area contributed by atoms with Crippen LogP contribution in [0.1, 0.15) is 11.3 Å². The Labute approximate surface area is 104 Å². The lowest BCUT2D eigenvalue weighted by Gasteiger charge is -2.10. The van der Waals surface area contributed by atoms with E-state index < -0.39 is 11.7 Å². The molecule has 0 bridgehead atoms. The van der Waals surface area contributed by atoms with E-state index in [-0.39, 0.29) is 5.52 Å². The van der Waals surface area contributed by atoms with Gasteiger partial charge in [-0.05, 0) is 35.0 Å². The Morgan fingerprint density at radius 3 is 2.53 bits per heavy atom. The fourth-order valence-corrected chi connectivity index (χ4v) is 1.87. The second-order valence-electron chi connectivity index (χ2n) is 3.65. The van der Waals surface area contributed by atoms with Gasteiger partial charge in [-0.15, -0.1) is 0 Å². The van der Waals surface area contributed by atoms with E-state index in [1.807, 2.05) is 0 Å². The summed E-state index contributed by atoms with van der Waals surface area (Å²) in [4.78, 5) is 4.08. The fraction of sp³-hybridized carbons (Fsp3) is 0.182. The van der Waals surface area contributed by atoms with Gasteiger partial charge in [0, 0.05) is 5.39 Å². The highest BCUT2D eigenvalue weighted by Gasteiger charge is 2.30. The third kappa shape index (κ3) is 2.09. The number of rotatable bonds is 0. The van der Waals surface area contributed by atoms with Crippen molar-refractivity contribution in [3.63, 3.8) is 0 Å². The van der Waals surface area contributed by atoms with E-state index in [0.29, 0.717) is 21.2 Å². The highest BCUT2D eigenvalue weighted by Crippen LogP contribution is 2.34. The van der Waals surface area contributed by atoms with Gasteiger partial charge in [-0.3, -0.25) is 4.98 Å². The third-order valence-electron chi connectivity index (χ3n) is 2.46. The van der Waals surface area contributed by atoms with E-state index in [4.69, 9.17) is 5.73 Å². The van der Waals surface area contributed by atoms with Gasteiger partial charge in [-0.1, -0.05) is 6.07 Å². The molecule has 0 spiro atoms. The zero-order valence-corrected chi connectivity index (χ0v) is 10.4. The van der Waals surface area contributed by atoms with Crippen LogP contribution < -0.4 is 5.73 Å². The Kier molecular flexibility index (Phi) is 2.77. The van der Waals surface area contributed by atoms with Crippen molar-refractivity contribution in [3.05, 3.63) is 33.9 Å². The first-order valence-electron chi connectivity index (χ1n) is 4.73. The molecule has 0 amide bonds. The van der Waals surface area contributed by atoms with Crippen molar-refractivity contribution < 1.29 is 13.2 Å². The molecule has 1 aromatic heterocycles. The van der Waals surface area contributed by atoms with Crippen LogP contribution in [0.15, 0.2) is 22.7 Å². The van der Waals surface area contributed by atoms with Gasteiger partial charge in [0.25, 0.3) is 0 Å². The van der Waals surface area contributed by atoms with E-state index in [1.165, 1.54) is 6.07 Å². The lowest BCUT2D eigenvalue weighted by Crippen LogP contribution is -2.05. The van der Waals surface area contributed by atoms with Gasteiger partial charge in [0.1, 0.15) is 0 Å². The van der Waals surface area contributed by atoms with Crippen LogP contribution in [0, 0.1) is 6.92 Å². The van der Waals surface area contributed by atoms with Crippen LogP contribution in [0.2, 0.25) is 0 Å². The molecule has 0 unspecified atom stereocenters. The number of hydrogen-bond donors (Lipinski definition) is 1. The first-order chi connectivity index (χ1) is 7.80. The molecular formula is C11H8BrF3N2. The van der Waals surface area contributed by atoms with Crippen LogP contribution in [-0.2, 0) is 6.18 Å². The van der Waals surface area contributed by atoms with Crippen molar-refractivity contribution in [3.8, 4) is 0 Å². The maximum atomic E-state index is 12.5. The minimum atomic E-state index is -4.37. The number of halogens is 4. The predicted octanol–water partition coefficient (Wildman–Crippen LogP) is 3.91. The Bertz CT molecular complexity index is 593. The van der Waals surface area contributed by atoms with Crippen molar-refractivity contribution in [2.24, 2.45) is 0 Å². The molecule has 90 valence electrons. The molecule has 0 aliphatic rings. The Hall–Kier alpha value is -1.30. The number of hydrogen-bond acceptors (Lipinski definition) is 2. The fourth-order valence-electron chi connectivity index (χ4n) is 1.57. The second kappa shape index (κ2) is 3.87. The van der Waals surface area contributed by atoms with Gasteiger partial charge in [-0.25, -0.2) is 0 Å². The van der Waals surface area contributed by atoms with Gasteiger partial charge in [0.15, 0.2) is 0 Å². The van der Waals surface area contributed by atoms with Gasteiger partial charge in [0.2, 0.25) is 0 Å². The van der Waals surface area contributed by atoms with Gasteiger partial charge in [-0.2, -0.15) is 13.2 Å². The summed E-state index contributed by atoms with van der Waals surface area (Å²) >= 11 is 3.25. The molecular weight excluding hydrogens is 297 g/mol. The summed E-state index contributed by atoms with van der Waals surface area (Å²) in [5.74, 6) is 0. The average Bonchev–Trinajstić information content (AvgIpc) is 2.24. The molecule has 17 heavy (non-hydrogen) atoms. The number of pyridine rings is 1. The second-order valence-corrected chi connectivity index (χ2v) is 4.45. The number of aromatic nitrogens is 1. The summed E-state index contributed by atoms with van der Waals surface area (Å²) < 4.78 is 38.2. The van der Waals surface area contributed by atoms with E-state index >= 15 is 0 Å². The summed E-state index contributed by atoms with van der Waals surface area (Å²) in [6, 6.07) is 3.35. The monoisotopic (exact) mass is 304 g/mol. The molecule has 6 heteroatoms. The molecule has 0 saturated heterocycles. The van der Waals surface area contributed by atoms with Crippen molar-refractivity contribution in [1.29, 1.82) is 0 Å². The van der Waals surface area contributed by atoms with Gasteiger partial charge < -0.3 is 5.73 Å². The van der Waals surface area contributed by atoms with Crippen LogP contribution in [0.5, 0.6) is 0 Å². The lowest BCUT2D eigenvalue weighted by molar-refractivity contribution is -0.137. The van der Waals surface area contributed by atoms with E-state index in [0.717, 1.165) is 12.1 Å². The molecule has 1 aromatic carbocycles. The number of aryl methyl sites for hydroxylation is 1. The Morgan fingerprint density at radius 2 is 1.94 bits per heavy atom. The summed E-state index contributed by atoms with van der Waals surface area (Å²) in [6.07, 6.45) is -4.37. The molecule has 2 N–H and O–H groups in total. The average molecular weight is 305 g/mol. The zero-order valence-electron chi connectivity index (χ0n) is 8.77. The highest BCUT2D eigenvalue weighted by atomic mass is 79.9. The first kappa shape index (κ1) is 12.2. The molecule has 0 aliphatic heterocycles. The maximum Gasteiger partial charge on any atom is 0.416 e. The Morgan fingerprint density at radius 1 is 1.29 bits per heavy atom. The molecule has 0 aliphatic carbocycles. The number of benzene rings is 1. The van der Waals surface area contributed by atoms with E-state index in [9.17, 15) is 13.2 Å². The van der Waals surface area contributed by atoms with E-state index in [1.54, 1.807) is 6.92 Å². The standard InChI is InChI=1S/C11H8BrF3N2/c1-5-9(12)10(16)7-3-2-6(11(13,14)15)4-8(7)17-5/h2-4H,1H3,(H2,16,17). The lowest BCUT2D eigenvalue weighted by atomic mass is 10.1. The SMILES string of the molecule is Cc1nc2cc(C(F)(F)F)ccc2c(N)c1Br. The van der Waals surface area contributed by atoms with Crippen LogP contribution in [-0.4, -0.2) is 4.98 Å². The summed E-state index contributed by atoms with van der Waals surface area (Å²) in [5, 5.41) is 0.510. The molecule has 2 rings (SSSR count). The minimum absolute atomic E-state index is 0.248. The molecule has 0 saturated carbocycles. The van der Waals surface area contributed by atoms with Crippen LogP contribution in [0.3, 0.4) is 0 Å². The quantitative estimate of drug-likeness (QED) is 0.801. The number of nitrogen functional groups attached to an aromatic ring is 1. The molecule has 0 radical (unpaired) electrons. The number of nitrogens with zero attached hydrogens (tertiary/aromatic N) is 1. The predicted molar refractivity (Wildman–Crippen MR) is 63.6 cm³/mol. The van der Waals surface area contributed by atoms with Crippen molar-refractivity contribution in [2.75, 3.05) is 5.73 Å². The van der Waals surface area contributed by atoms with Gasteiger partial charge >= 0.3 is 6.18 Å². The third-order valence-corrected chi connectivity index (χ3v) is 3.46. The topological polar surface area (TPSA) is 38.9 Å². The maximum absolute atomic E-state index is 12.5. The minimum Gasteiger partial charge on any atom is -0.397 e. The summed E-state index contributed by atoms with van der Waals surface area (Å²) in [7, 11) is 0. The van der Waals surface area contributed by atoms with Crippen molar-refractivity contribution >= 4 is 32.5 Å². The van der Waals surface area contributed by atoms with Crippen molar-refractivity contribution in [1.82, 2.24) is 4.98 Å². The Balaban J connectivity index is 2.76. The number of nitrogens with two attached hydrogens (primary N) is 1. The molecule has 2 aromatic rings. The summed E-state index contributed by atoms with van der Waals surface area (Å²) in [6.45, 7) is 1.68. The van der Waals surface area contributed by atoms with Crippen LogP contribution >= 0.6 is 15.9 Å². The molecule has 2 nitrogen and oxygen atoms in total. The first-order valence-corrected chi connectivity index (χ1v) is 5.52. The molecule has 0 fully saturated rings. The molecule has 1 heterocycles. The zero-order chi connectivity index (χ0) is 12.8. The summed E-state index contributed by atoms with van der Waals surface area (Å²) in [5.41, 5.74) is 6.30. The number of alkyl halides is 3. The van der Waals surface area contributed by atoms with Crippen LogP contribution in [0.25, 0.3) is 10.9 Å². The van der Waals surface area contributed by atoms with Crippen molar-refractivity contribution in [2.45, 2.75) is 13.1 Å². The van der Waals surface area contributed by atoms with E-state index in [2.05, 4.69) is 20.9 Å². The van der Waals surface area contributed by atoms with Gasteiger partial charge in [0.05, 0.1) is 26.9 Å². The normalized spacial score (nSPS) is 12.1. The number of anilines is 1. The number of fused-ring (bicyclic) bond motifs is 1.